The van der Waals surface area contributed by atoms with Crippen molar-refractivity contribution in [3.63, 3.8) is 0 Å². The van der Waals surface area contributed by atoms with E-state index >= 15 is 0 Å². The van der Waals surface area contributed by atoms with Gasteiger partial charge in [-0.1, -0.05) is 36.4 Å². The van der Waals surface area contributed by atoms with Crippen LogP contribution in [0.2, 0.25) is 0 Å². The molecule has 4 rings (SSSR count). The Labute approximate surface area is 165 Å². The van der Waals surface area contributed by atoms with Crippen molar-refractivity contribution < 1.29 is 9.50 Å². The molecule has 0 spiro atoms. The van der Waals surface area contributed by atoms with Gasteiger partial charge in [0.1, 0.15) is 22.5 Å². The summed E-state index contributed by atoms with van der Waals surface area (Å²) in [5.41, 5.74) is 2.39. The van der Waals surface area contributed by atoms with E-state index in [2.05, 4.69) is 20.9 Å². The fourth-order valence-corrected chi connectivity index (χ4v) is 4.81. The molecule has 4 nitrogen and oxygen atoms in total. The summed E-state index contributed by atoms with van der Waals surface area (Å²) in [5.74, 6) is -0.613. The van der Waals surface area contributed by atoms with Gasteiger partial charge in [-0.2, -0.15) is 5.26 Å². The van der Waals surface area contributed by atoms with E-state index < -0.39 is 5.56 Å². The van der Waals surface area contributed by atoms with Crippen LogP contribution in [0.25, 0.3) is 32.5 Å². The van der Waals surface area contributed by atoms with Crippen molar-refractivity contribution in [2.24, 2.45) is 0 Å². The molecule has 0 fully saturated rings. The van der Waals surface area contributed by atoms with Gasteiger partial charge in [-0.15, -0.1) is 11.3 Å². The molecule has 0 radical (unpaired) electrons. The number of thiophene rings is 1. The number of nitrogens with one attached hydrogen (secondary N) is 1. The van der Waals surface area contributed by atoms with Crippen LogP contribution in [0.15, 0.2) is 57.1 Å². The Balaban J connectivity index is 1.88. The molecule has 0 aliphatic heterocycles. The molecule has 2 aromatic heterocycles. The molecule has 4 aromatic rings. The van der Waals surface area contributed by atoms with Crippen LogP contribution in [0.3, 0.4) is 0 Å². The van der Waals surface area contributed by atoms with Gasteiger partial charge < -0.3 is 10.1 Å². The van der Waals surface area contributed by atoms with E-state index in [1.165, 1.54) is 23.5 Å². The molecule has 2 aromatic carbocycles. The highest BCUT2D eigenvalue weighted by atomic mass is 79.9. The third kappa shape index (κ3) is 2.93. The number of halogens is 2. The molecule has 27 heavy (non-hydrogen) atoms. The van der Waals surface area contributed by atoms with Gasteiger partial charge in [0.25, 0.3) is 5.56 Å². The van der Waals surface area contributed by atoms with Gasteiger partial charge in [0.15, 0.2) is 5.56 Å². The molecule has 0 saturated carbocycles. The molecule has 0 atom stereocenters. The highest BCUT2D eigenvalue weighted by Gasteiger charge is 2.20. The summed E-state index contributed by atoms with van der Waals surface area (Å²) in [6, 6.07) is 15.5. The fourth-order valence-electron chi connectivity index (χ4n) is 2.95. The largest absolute Gasteiger partial charge is 0.506 e. The molecule has 0 bridgehead atoms. The Bertz CT molecular complexity index is 1270. The first kappa shape index (κ1) is 17.5. The van der Waals surface area contributed by atoms with Gasteiger partial charge in [-0.3, -0.25) is 4.79 Å². The summed E-state index contributed by atoms with van der Waals surface area (Å²) in [5, 5.41) is 20.0. The number of H-pyrrole nitrogens is 1. The average molecular weight is 441 g/mol. The zero-order valence-electron chi connectivity index (χ0n) is 13.6. The number of rotatable bonds is 2. The van der Waals surface area contributed by atoms with Crippen LogP contribution in [0.1, 0.15) is 5.56 Å². The Hall–Kier alpha value is -2.95. The lowest BCUT2D eigenvalue weighted by atomic mass is 9.99. The zero-order chi connectivity index (χ0) is 19.1. The van der Waals surface area contributed by atoms with Crippen LogP contribution >= 0.6 is 27.3 Å². The maximum absolute atomic E-state index is 13.1. The van der Waals surface area contributed by atoms with Gasteiger partial charge in [0.2, 0.25) is 0 Å². The van der Waals surface area contributed by atoms with Crippen LogP contribution < -0.4 is 5.56 Å². The molecule has 0 amide bonds. The number of hydrogen-bond acceptors (Lipinski definition) is 4. The summed E-state index contributed by atoms with van der Waals surface area (Å²) in [4.78, 5) is 15.0. The molecule has 2 heterocycles. The number of fused-ring (bicyclic) bond motifs is 1. The van der Waals surface area contributed by atoms with Crippen molar-refractivity contribution >= 4 is 37.5 Å². The van der Waals surface area contributed by atoms with Gasteiger partial charge in [-0.25, -0.2) is 4.39 Å². The van der Waals surface area contributed by atoms with Crippen LogP contribution in [-0.4, -0.2) is 10.1 Å². The van der Waals surface area contributed by atoms with Crippen molar-refractivity contribution in [3.05, 3.63) is 74.1 Å². The second kappa shape index (κ2) is 6.65. The standard InChI is InChI=1S/C20H10BrFN2O2S/c21-18-15(16-17(25)14(9-23)19(26)24-20(16)27-18)12-3-1-10(2-4-12)11-5-7-13(22)8-6-11/h1-8H,(H2,24,25,26). The number of hydrogen-bond donors (Lipinski definition) is 2. The lowest BCUT2D eigenvalue weighted by Gasteiger charge is -2.06. The van der Waals surface area contributed by atoms with Crippen molar-refractivity contribution in [3.8, 4) is 34.1 Å². The van der Waals surface area contributed by atoms with E-state index in [4.69, 9.17) is 5.26 Å². The maximum atomic E-state index is 13.1. The first-order valence-electron chi connectivity index (χ1n) is 7.83. The van der Waals surface area contributed by atoms with Gasteiger partial charge in [-0.05, 0) is 44.8 Å². The Kier molecular flexibility index (Phi) is 4.30. The lowest BCUT2D eigenvalue weighted by Crippen LogP contribution is -2.09. The highest BCUT2D eigenvalue weighted by molar-refractivity contribution is 9.11. The van der Waals surface area contributed by atoms with Crippen LogP contribution in [-0.2, 0) is 0 Å². The molecule has 2 N–H and O–H groups in total. The normalized spacial score (nSPS) is 10.9. The molecule has 0 aliphatic carbocycles. The predicted molar refractivity (Wildman–Crippen MR) is 107 cm³/mol. The first-order valence-corrected chi connectivity index (χ1v) is 9.44. The lowest BCUT2D eigenvalue weighted by molar-refractivity contribution is 0.479. The topological polar surface area (TPSA) is 76.9 Å². The second-order valence-corrected chi connectivity index (χ2v) is 8.17. The van der Waals surface area contributed by atoms with Crippen molar-refractivity contribution in [2.75, 3.05) is 0 Å². The van der Waals surface area contributed by atoms with Crippen molar-refractivity contribution in [2.45, 2.75) is 0 Å². The second-order valence-electron chi connectivity index (χ2n) is 5.83. The van der Waals surface area contributed by atoms with Gasteiger partial charge in [0, 0.05) is 5.56 Å². The minimum Gasteiger partial charge on any atom is -0.506 e. The Morgan fingerprint density at radius 2 is 1.59 bits per heavy atom. The monoisotopic (exact) mass is 440 g/mol. The summed E-state index contributed by atoms with van der Waals surface area (Å²) in [7, 11) is 0. The Morgan fingerprint density at radius 3 is 2.19 bits per heavy atom. The zero-order valence-corrected chi connectivity index (χ0v) is 16.0. The summed E-state index contributed by atoms with van der Waals surface area (Å²) >= 11 is 4.76. The minimum absolute atomic E-state index is 0.290. The SMILES string of the molecule is N#Cc1c(O)c2c(-c3ccc(-c4ccc(F)cc4)cc3)c(Br)sc2[nH]c1=O. The quantitative estimate of drug-likeness (QED) is 0.437. The maximum Gasteiger partial charge on any atom is 0.270 e. The molecule has 132 valence electrons. The Morgan fingerprint density at radius 1 is 1.04 bits per heavy atom. The third-order valence-corrected chi connectivity index (χ3v) is 6.03. The van der Waals surface area contributed by atoms with E-state index in [1.54, 1.807) is 18.2 Å². The van der Waals surface area contributed by atoms with Crippen molar-refractivity contribution in [1.29, 1.82) is 5.26 Å². The van der Waals surface area contributed by atoms with Crippen LogP contribution in [0.4, 0.5) is 4.39 Å². The summed E-state index contributed by atoms with van der Waals surface area (Å²) in [6.45, 7) is 0. The van der Waals surface area contributed by atoms with E-state index in [0.29, 0.717) is 15.8 Å². The van der Waals surface area contributed by atoms with E-state index in [9.17, 15) is 14.3 Å². The molecular weight excluding hydrogens is 431 g/mol. The number of nitrogens with zero attached hydrogens (tertiary/aromatic N) is 1. The summed E-state index contributed by atoms with van der Waals surface area (Å²) < 4.78 is 13.8. The van der Waals surface area contributed by atoms with Crippen molar-refractivity contribution in [1.82, 2.24) is 4.98 Å². The van der Waals surface area contributed by atoms with Gasteiger partial charge >= 0.3 is 0 Å². The molecule has 0 unspecified atom stereocenters. The molecular formula is C20H10BrFN2O2S. The number of pyridine rings is 1. The molecule has 0 saturated heterocycles. The predicted octanol–water partition coefficient (Wildman–Crippen LogP) is 5.40. The van der Waals surface area contributed by atoms with Crippen LogP contribution in [0.5, 0.6) is 5.75 Å². The fraction of sp³-hybridized carbons (Fsp3) is 0. The third-order valence-electron chi connectivity index (χ3n) is 4.26. The number of nitriles is 1. The van der Waals surface area contributed by atoms with E-state index in [0.717, 1.165) is 20.5 Å². The molecule has 0 aliphatic rings. The minimum atomic E-state index is -0.616. The smallest absolute Gasteiger partial charge is 0.270 e. The molecule has 7 heteroatoms. The number of benzene rings is 2. The number of aromatic amines is 1. The highest BCUT2D eigenvalue weighted by Crippen LogP contribution is 2.45. The van der Waals surface area contributed by atoms with E-state index in [-0.39, 0.29) is 17.1 Å². The van der Waals surface area contributed by atoms with Gasteiger partial charge in [0.05, 0.1) is 9.17 Å². The number of aromatic nitrogens is 1. The number of aromatic hydroxyl groups is 1. The first-order chi connectivity index (χ1) is 13.0. The van der Waals surface area contributed by atoms with E-state index in [1.807, 2.05) is 24.3 Å². The summed E-state index contributed by atoms with van der Waals surface area (Å²) in [6.07, 6.45) is 0. The van der Waals surface area contributed by atoms with Crippen LogP contribution in [0, 0.1) is 17.1 Å². The average Bonchev–Trinajstić information content (AvgIpc) is 2.99.